The zero-order valence-corrected chi connectivity index (χ0v) is 74.9. The molecule has 12 aromatic rings. The Morgan fingerprint density at radius 2 is 0.825 bits per heavy atom. The molecule has 33 nitrogen and oxygen atoms in total. The third-order valence-electron chi connectivity index (χ3n) is 20.0. The lowest BCUT2D eigenvalue weighted by atomic mass is 10.1. The van der Waals surface area contributed by atoms with E-state index in [0.29, 0.717) is 30.6 Å². The molecule has 13 amide bonds. The number of nitrogens with one attached hydrogen (secondary N) is 8. The highest BCUT2D eigenvalue weighted by atomic mass is 19.3. The highest BCUT2D eigenvalue weighted by Gasteiger charge is 2.31. The van der Waals surface area contributed by atoms with Crippen molar-refractivity contribution in [2.24, 2.45) is 28.2 Å². The van der Waals surface area contributed by atoms with Gasteiger partial charge in [0.2, 0.25) is 29.6 Å². The van der Waals surface area contributed by atoms with Crippen LogP contribution in [0, 0.1) is 13.8 Å². The number of halogens is 2. The van der Waals surface area contributed by atoms with E-state index >= 15 is 0 Å². The van der Waals surface area contributed by atoms with Crippen LogP contribution in [0.15, 0.2) is 172 Å². The Bertz CT molecular complexity index is 6110. The molecule has 126 heavy (non-hydrogen) atoms. The molecule has 7 heterocycles. The summed E-state index contributed by atoms with van der Waals surface area (Å²) in [6.07, 6.45) is 10.0. The number of aromatic amines is 3. The van der Waals surface area contributed by atoms with Gasteiger partial charge in [0.25, 0.3) is 17.0 Å². The van der Waals surface area contributed by atoms with Gasteiger partial charge in [-0.1, -0.05) is 90.0 Å². The molecule has 12 rings (SSSR count). The number of fused-ring (bicyclic) bond motifs is 5. The van der Waals surface area contributed by atoms with E-state index in [1.165, 1.54) is 73.8 Å². The van der Waals surface area contributed by atoms with Gasteiger partial charge < -0.3 is 50.7 Å². The van der Waals surface area contributed by atoms with Gasteiger partial charge in [0, 0.05) is 147 Å². The number of benzene rings is 5. The molecule has 0 aliphatic heterocycles. The number of carbonyl (C=O) groups excluding carboxylic acids is 9. The summed E-state index contributed by atoms with van der Waals surface area (Å²) in [5, 5.41) is 16.9. The zero-order valence-electron chi connectivity index (χ0n) is 74.9. The maximum Gasteiger partial charge on any atom is 0.333 e. The molecule has 0 atom stereocenters. The summed E-state index contributed by atoms with van der Waals surface area (Å²) in [6.45, 7) is 26.4. The number of para-hydroxylation sites is 3. The van der Waals surface area contributed by atoms with Crippen LogP contribution in [0.5, 0.6) is 0 Å². The van der Waals surface area contributed by atoms with Crippen LogP contribution < -0.4 is 54.0 Å². The average molecular weight is 1740 g/mol. The number of rotatable bonds is 24. The zero-order chi connectivity index (χ0) is 92.9. The van der Waals surface area contributed by atoms with E-state index in [1.54, 1.807) is 39.8 Å². The molecule has 5 aromatic carbocycles. The topological polar surface area (TPSA) is 398 Å². The van der Waals surface area contributed by atoms with Crippen molar-refractivity contribution in [3.8, 4) is 0 Å². The van der Waals surface area contributed by atoms with Gasteiger partial charge in [0.15, 0.2) is 22.3 Å². The first kappa shape index (κ1) is 97.6. The van der Waals surface area contributed by atoms with Crippen LogP contribution in [0.25, 0.3) is 55.0 Å². The van der Waals surface area contributed by atoms with Gasteiger partial charge in [0.05, 0.1) is 24.8 Å². The fourth-order valence-electron chi connectivity index (χ4n) is 13.8. The maximum absolute atomic E-state index is 13.2. The number of amides is 13. The number of imidazole rings is 2. The van der Waals surface area contributed by atoms with Gasteiger partial charge in [0.1, 0.15) is 13.1 Å². The summed E-state index contributed by atoms with van der Waals surface area (Å²) >= 11 is 0. The molecule has 672 valence electrons. The van der Waals surface area contributed by atoms with Crippen molar-refractivity contribution in [2.75, 3.05) is 16.8 Å². The Balaban J connectivity index is 0.000000196. The predicted octanol–water partition coefficient (Wildman–Crippen LogP) is 12.3. The van der Waals surface area contributed by atoms with Crippen LogP contribution in [-0.4, -0.2) is 169 Å². The highest BCUT2D eigenvalue weighted by molar-refractivity contribution is 6.18. The number of hydrogen-bond acceptors (Lipinski definition) is 15. The number of urea groups is 4. The van der Waals surface area contributed by atoms with E-state index < -0.39 is 52.3 Å². The quantitative estimate of drug-likeness (QED) is 0.0261. The summed E-state index contributed by atoms with van der Waals surface area (Å²) in [4.78, 5) is 184. The normalized spacial score (nSPS) is 11.3. The molecular weight excluding hydrogens is 1620 g/mol. The number of aromatic nitrogens is 11. The van der Waals surface area contributed by atoms with Crippen molar-refractivity contribution >= 4 is 120 Å². The second-order valence-electron chi connectivity index (χ2n) is 32.5. The molecule has 7 aromatic heterocycles. The second kappa shape index (κ2) is 43.9. The predicted molar refractivity (Wildman–Crippen MR) is 484 cm³/mol. The smallest absolute Gasteiger partial charge is 0.333 e. The SMILES string of the molecule is CC(C)NC(=O)N(C(=O)CCc1c[nH]c2ccccc12)C(C)C.CC(C)NC(=O)N(C(=O)Cc1c[nH]c2ccccc12)C(C)C.CC(C)NC(=O)N(C(=O)Cn1cnc2c1c(=O)n(C)c(=O)n2C)C(C)C.Cc1ccc(NC(=O)N(C(=O)CCc2c[nH]c3ccccc23)c2ccc(C)cc2)cc1.Cn1c(=O)c2c(ncn2CC(=O)NCCCC(C)(F)F)n(C)c1=O. The monoisotopic (exact) mass is 1730 g/mol. The Morgan fingerprint density at radius 1 is 0.452 bits per heavy atom. The summed E-state index contributed by atoms with van der Waals surface area (Å²) < 4.78 is 32.4. The Morgan fingerprint density at radius 3 is 1.24 bits per heavy atom. The second-order valence-corrected chi connectivity index (χ2v) is 32.5. The molecule has 0 aliphatic carbocycles. The first-order chi connectivity index (χ1) is 59.5. The largest absolute Gasteiger partial charge is 0.361 e. The summed E-state index contributed by atoms with van der Waals surface area (Å²) in [5.41, 5.74) is 8.06. The van der Waals surface area contributed by atoms with Crippen LogP contribution in [0.4, 0.5) is 39.3 Å². The molecule has 0 saturated carbocycles. The van der Waals surface area contributed by atoms with Crippen molar-refractivity contribution in [3.05, 3.63) is 222 Å². The van der Waals surface area contributed by atoms with Crippen molar-refractivity contribution in [3.63, 3.8) is 0 Å². The van der Waals surface area contributed by atoms with Crippen molar-refractivity contribution in [1.29, 1.82) is 0 Å². The number of nitrogens with zero attached hydrogens (tertiary/aromatic N) is 12. The lowest BCUT2D eigenvalue weighted by Crippen LogP contribution is -2.50. The van der Waals surface area contributed by atoms with Crippen molar-refractivity contribution in [2.45, 2.75) is 204 Å². The van der Waals surface area contributed by atoms with Crippen LogP contribution in [0.3, 0.4) is 0 Å². The fourth-order valence-corrected chi connectivity index (χ4v) is 13.8. The molecule has 0 radical (unpaired) electrons. The molecule has 0 saturated heterocycles. The molecule has 35 heteroatoms. The van der Waals surface area contributed by atoms with E-state index in [2.05, 4.69) is 51.5 Å². The van der Waals surface area contributed by atoms with Gasteiger partial charge in [-0.25, -0.2) is 52.4 Å². The van der Waals surface area contributed by atoms with Gasteiger partial charge in [-0.3, -0.25) is 66.5 Å². The van der Waals surface area contributed by atoms with Crippen LogP contribution in [0.2, 0.25) is 0 Å². The average Bonchev–Trinajstić information content (AvgIpc) is 1.60. The van der Waals surface area contributed by atoms with Crippen LogP contribution in [0.1, 0.15) is 144 Å². The van der Waals surface area contributed by atoms with Gasteiger partial charge in [-0.15, -0.1) is 0 Å². The maximum atomic E-state index is 13.2. The Hall–Kier alpha value is -13.9. The molecule has 0 aliphatic rings. The van der Waals surface area contributed by atoms with E-state index in [-0.39, 0.29) is 134 Å². The van der Waals surface area contributed by atoms with E-state index in [9.17, 15) is 71.1 Å². The molecule has 0 bridgehead atoms. The number of alkyl halides is 2. The molecule has 0 fully saturated rings. The van der Waals surface area contributed by atoms with Crippen LogP contribution in [-0.2, 0) is 84.5 Å². The third-order valence-corrected chi connectivity index (χ3v) is 20.0. The fraction of sp³-hybridized carbons (Fsp3) is 0.396. The number of aryl methyl sites for hydroxylation is 6. The van der Waals surface area contributed by atoms with Gasteiger partial charge >= 0.3 is 35.5 Å². The molecule has 0 unspecified atom stereocenters. The number of carbonyl (C=O) groups is 9. The molecule has 0 spiro atoms. The lowest BCUT2D eigenvalue weighted by molar-refractivity contribution is -0.130. The van der Waals surface area contributed by atoms with E-state index in [4.69, 9.17) is 0 Å². The summed E-state index contributed by atoms with van der Waals surface area (Å²) in [7, 11) is 5.68. The number of H-pyrrole nitrogens is 3. The number of imide groups is 4. The first-order valence-electron chi connectivity index (χ1n) is 41.6. The first-order valence-corrected chi connectivity index (χ1v) is 41.6. The van der Waals surface area contributed by atoms with Crippen LogP contribution >= 0.6 is 0 Å². The molecule has 8 N–H and O–H groups in total. The van der Waals surface area contributed by atoms with E-state index in [1.807, 2.05) is 197 Å². The summed E-state index contributed by atoms with van der Waals surface area (Å²) in [5.74, 6) is -4.26. The molecular formula is C91H116F2N20O13. The van der Waals surface area contributed by atoms with Gasteiger partial charge in [-0.05, 0) is 182 Å². The Labute approximate surface area is 727 Å². The third kappa shape index (κ3) is 25.6. The van der Waals surface area contributed by atoms with E-state index in [0.717, 1.165) is 81.5 Å². The van der Waals surface area contributed by atoms with Gasteiger partial charge in [-0.2, -0.15) is 0 Å². The minimum absolute atomic E-state index is 0.00478. The standard InChI is InChI=1S/C26H25N3O2.C18H25N3O2.C17H23N3O2.C16H24N6O4.C14H19F2N5O3/c1-18-7-12-21(13-8-18)28-26(31)29(22-14-9-19(2)10-15-22)25(30)16-11-20-17-27-24-6-4-3-5-23(20)24;1-12(2)20-18(23)21(13(3)4)17(22)10-9-14-11-19-16-8-6-5-7-15(14)16;1-11(2)19-17(22)20(12(3)4)16(21)9-13-10-18-15-8-6-5-7-14(13)15;1-9(2)18-15(25)22(10(3)4)11(23)7-21-8-17-13-12(21)14(24)20(6)16(26)19(13)5;1-14(15,16)5-4-6-17-9(22)7-21-8-18-11-10(21)12(23)20(3)13(24)19(11)2/h3-10,12-15,17,27H,11,16H2,1-2H3,(H,28,31);5-8,11-13,19H,9-10H2,1-4H3,(H,20,23);5-8,10-12,18H,9H2,1-4H3,(H,19,22);8-10H,7H2,1-6H3,(H,18,25);8H,4-7H2,1-3H3,(H,17,22). The minimum atomic E-state index is -2.76. The number of anilines is 2. The lowest BCUT2D eigenvalue weighted by Gasteiger charge is -2.26. The van der Waals surface area contributed by atoms with Crippen molar-refractivity contribution in [1.82, 2.24) is 88.3 Å². The number of hydrogen-bond donors (Lipinski definition) is 8. The van der Waals surface area contributed by atoms with Crippen molar-refractivity contribution < 1.29 is 51.9 Å². The minimum Gasteiger partial charge on any atom is -0.361 e. The Kier molecular flexibility index (Phi) is 34.0. The highest BCUT2D eigenvalue weighted by Crippen LogP contribution is 2.26. The summed E-state index contributed by atoms with van der Waals surface area (Å²) in [6, 6.07) is 36.3.